The molecule has 1 aromatic rings. The van der Waals surface area contributed by atoms with Crippen molar-refractivity contribution in [3.05, 3.63) is 29.0 Å². The maximum Gasteiger partial charge on any atom is 0.272 e. The van der Waals surface area contributed by atoms with Crippen LogP contribution in [0.1, 0.15) is 23.3 Å². The van der Waals surface area contributed by atoms with Crippen LogP contribution in [0.5, 0.6) is 0 Å². The summed E-state index contributed by atoms with van der Waals surface area (Å²) in [6.07, 6.45) is 3.80. The van der Waals surface area contributed by atoms with E-state index in [9.17, 15) is 4.79 Å². The highest BCUT2D eigenvalue weighted by Gasteiger charge is 2.35. The van der Waals surface area contributed by atoms with E-state index in [0.29, 0.717) is 23.2 Å². The van der Waals surface area contributed by atoms with E-state index in [1.165, 1.54) is 6.20 Å². The number of pyridine rings is 1. The van der Waals surface area contributed by atoms with E-state index in [2.05, 4.69) is 4.98 Å². The third kappa shape index (κ3) is 3.34. The van der Waals surface area contributed by atoms with Gasteiger partial charge in [0.25, 0.3) is 5.91 Å². The zero-order chi connectivity index (χ0) is 12.4. The summed E-state index contributed by atoms with van der Waals surface area (Å²) >= 11 is 5.74. The maximum atomic E-state index is 12.2. The Hall–Kier alpha value is -0.840. The number of halogens is 2. The first-order valence-electron chi connectivity index (χ1n) is 5.72. The van der Waals surface area contributed by atoms with Crippen LogP contribution in [0.4, 0.5) is 0 Å². The van der Waals surface area contributed by atoms with Crippen LogP contribution in [0.3, 0.4) is 0 Å². The summed E-state index contributed by atoms with van der Waals surface area (Å²) in [6.45, 7) is 0.500. The van der Waals surface area contributed by atoms with Crippen LogP contribution < -0.4 is 5.73 Å². The molecule has 6 heteroatoms. The number of carbonyl (C=O) groups is 1. The van der Waals surface area contributed by atoms with Crippen LogP contribution >= 0.6 is 24.0 Å². The highest BCUT2D eigenvalue weighted by Crippen LogP contribution is 2.34. The molecule has 1 unspecified atom stereocenters. The van der Waals surface area contributed by atoms with Crippen molar-refractivity contribution in [3.63, 3.8) is 0 Å². The van der Waals surface area contributed by atoms with E-state index < -0.39 is 0 Å². The second-order valence-corrected chi connectivity index (χ2v) is 4.85. The molecule has 0 radical (unpaired) electrons. The molecule has 2 rings (SSSR count). The summed E-state index contributed by atoms with van der Waals surface area (Å²) in [5.41, 5.74) is 6.13. The number of aromatic nitrogens is 1. The highest BCUT2D eigenvalue weighted by molar-refractivity contribution is 6.30. The number of amides is 1. The van der Waals surface area contributed by atoms with Crippen molar-refractivity contribution in [2.24, 2.45) is 11.7 Å². The fraction of sp³-hybridized carbons (Fsp3) is 0.500. The molecule has 1 aromatic heterocycles. The first-order valence-corrected chi connectivity index (χ1v) is 6.10. The molecule has 1 fully saturated rings. The molecule has 0 bridgehead atoms. The first-order chi connectivity index (χ1) is 8.13. The Balaban J connectivity index is 0.00000162. The monoisotopic (exact) mass is 289 g/mol. The Morgan fingerprint density at radius 1 is 1.61 bits per heavy atom. The normalized spacial score (nSPS) is 15.7. The van der Waals surface area contributed by atoms with Crippen LogP contribution in [0.15, 0.2) is 18.3 Å². The van der Waals surface area contributed by atoms with E-state index in [1.807, 2.05) is 0 Å². The van der Waals surface area contributed by atoms with Crippen molar-refractivity contribution in [3.8, 4) is 0 Å². The predicted octanol–water partition coefficient (Wildman–Crippen LogP) is 1.97. The topological polar surface area (TPSA) is 59.2 Å². The number of hydrogen-bond acceptors (Lipinski definition) is 3. The molecule has 0 saturated heterocycles. The van der Waals surface area contributed by atoms with Gasteiger partial charge in [0.1, 0.15) is 5.69 Å². The number of rotatable bonds is 4. The van der Waals surface area contributed by atoms with Crippen molar-refractivity contribution in [2.45, 2.75) is 18.9 Å². The molecule has 1 aliphatic carbocycles. The lowest BCUT2D eigenvalue weighted by molar-refractivity contribution is 0.0713. The van der Waals surface area contributed by atoms with E-state index >= 15 is 0 Å². The van der Waals surface area contributed by atoms with E-state index in [-0.39, 0.29) is 24.4 Å². The van der Waals surface area contributed by atoms with Crippen LogP contribution in [-0.2, 0) is 0 Å². The number of hydrogen-bond donors (Lipinski definition) is 1. The van der Waals surface area contributed by atoms with Gasteiger partial charge >= 0.3 is 0 Å². The molecule has 1 saturated carbocycles. The number of nitrogens with two attached hydrogens (primary N) is 1. The lowest BCUT2D eigenvalue weighted by Gasteiger charge is -2.26. The Kier molecular flexibility index (Phi) is 5.38. The van der Waals surface area contributed by atoms with Gasteiger partial charge in [-0.15, -0.1) is 12.4 Å². The molecule has 1 amide bonds. The number of likely N-dealkylation sites (N-methyl/N-ethyl adjacent to an activating group) is 1. The van der Waals surface area contributed by atoms with Crippen molar-refractivity contribution < 1.29 is 4.79 Å². The highest BCUT2D eigenvalue weighted by atomic mass is 35.5. The molecule has 1 heterocycles. The van der Waals surface area contributed by atoms with Crippen LogP contribution in [-0.4, -0.2) is 35.4 Å². The van der Waals surface area contributed by atoms with Gasteiger partial charge in [-0.1, -0.05) is 11.6 Å². The van der Waals surface area contributed by atoms with Gasteiger partial charge in [0, 0.05) is 25.8 Å². The van der Waals surface area contributed by atoms with E-state index in [0.717, 1.165) is 12.8 Å². The van der Waals surface area contributed by atoms with Crippen LogP contribution in [0.25, 0.3) is 0 Å². The minimum atomic E-state index is -0.0935. The molecule has 0 spiro atoms. The van der Waals surface area contributed by atoms with E-state index in [1.54, 1.807) is 24.1 Å². The van der Waals surface area contributed by atoms with E-state index in [4.69, 9.17) is 17.3 Å². The lowest BCUT2D eigenvalue weighted by atomic mass is 10.1. The molecule has 1 aliphatic rings. The Bertz CT molecular complexity index is 406. The van der Waals surface area contributed by atoms with Crippen molar-refractivity contribution in [1.29, 1.82) is 0 Å². The smallest absolute Gasteiger partial charge is 0.272 e. The average molecular weight is 290 g/mol. The number of carbonyl (C=O) groups excluding carboxylic acids is 1. The third-order valence-corrected chi connectivity index (χ3v) is 3.40. The second-order valence-electron chi connectivity index (χ2n) is 4.42. The SMILES string of the molecule is CN(C(=O)c1ccc(Cl)cn1)C(CN)C1CC1.Cl. The minimum absolute atomic E-state index is 0. The quantitative estimate of drug-likeness (QED) is 0.922. The van der Waals surface area contributed by atoms with Gasteiger partial charge in [0.15, 0.2) is 0 Å². The van der Waals surface area contributed by atoms with Gasteiger partial charge < -0.3 is 10.6 Å². The van der Waals surface area contributed by atoms with Crippen LogP contribution in [0, 0.1) is 5.92 Å². The molecule has 18 heavy (non-hydrogen) atoms. The molecule has 2 N–H and O–H groups in total. The molecular formula is C12H17Cl2N3O. The molecule has 0 aromatic carbocycles. The molecular weight excluding hydrogens is 273 g/mol. The predicted molar refractivity (Wildman–Crippen MR) is 74.2 cm³/mol. The largest absolute Gasteiger partial charge is 0.336 e. The standard InChI is InChI=1S/C12H16ClN3O.ClH/c1-16(11(6-14)8-2-3-8)12(17)10-5-4-9(13)7-15-10;/h4-5,7-8,11H,2-3,6,14H2,1H3;1H. The zero-order valence-corrected chi connectivity index (χ0v) is 11.7. The zero-order valence-electron chi connectivity index (χ0n) is 10.2. The van der Waals surface area contributed by atoms with Gasteiger partial charge in [0.05, 0.1) is 5.02 Å². The summed E-state index contributed by atoms with van der Waals surface area (Å²) < 4.78 is 0. The van der Waals surface area contributed by atoms with Crippen molar-refractivity contribution >= 4 is 29.9 Å². The molecule has 1 atom stereocenters. The fourth-order valence-corrected chi connectivity index (χ4v) is 2.09. The summed E-state index contributed by atoms with van der Waals surface area (Å²) in [5.74, 6) is 0.463. The minimum Gasteiger partial charge on any atom is -0.336 e. The van der Waals surface area contributed by atoms with Gasteiger partial charge in [0.2, 0.25) is 0 Å². The third-order valence-electron chi connectivity index (χ3n) is 3.17. The Morgan fingerprint density at radius 3 is 2.72 bits per heavy atom. The summed E-state index contributed by atoms with van der Waals surface area (Å²) in [7, 11) is 1.79. The fourth-order valence-electron chi connectivity index (χ4n) is 1.98. The summed E-state index contributed by atoms with van der Waals surface area (Å²) in [4.78, 5) is 17.9. The van der Waals surface area contributed by atoms with Gasteiger partial charge in [-0.25, -0.2) is 4.98 Å². The maximum absolute atomic E-state index is 12.2. The lowest BCUT2D eigenvalue weighted by Crippen LogP contribution is -2.43. The molecule has 0 aliphatic heterocycles. The second kappa shape index (κ2) is 6.36. The van der Waals surface area contributed by atoms with Gasteiger partial charge in [-0.2, -0.15) is 0 Å². The molecule has 100 valence electrons. The Morgan fingerprint density at radius 2 is 2.28 bits per heavy atom. The van der Waals surface area contributed by atoms with Gasteiger partial charge in [-0.05, 0) is 30.9 Å². The Labute approximate surface area is 118 Å². The number of nitrogens with zero attached hydrogens (tertiary/aromatic N) is 2. The summed E-state index contributed by atoms with van der Waals surface area (Å²) in [5, 5.41) is 0.529. The van der Waals surface area contributed by atoms with Crippen LogP contribution in [0.2, 0.25) is 5.02 Å². The van der Waals surface area contributed by atoms with Crippen molar-refractivity contribution in [2.75, 3.05) is 13.6 Å². The summed E-state index contributed by atoms with van der Waals surface area (Å²) in [6, 6.07) is 3.44. The molecule has 4 nitrogen and oxygen atoms in total. The average Bonchev–Trinajstić information content (AvgIpc) is 3.14. The first kappa shape index (κ1) is 15.2. The van der Waals surface area contributed by atoms with Gasteiger partial charge in [-0.3, -0.25) is 4.79 Å². The van der Waals surface area contributed by atoms with Crippen molar-refractivity contribution in [1.82, 2.24) is 9.88 Å².